The Morgan fingerprint density at radius 3 is 1.16 bits per heavy atom. The van der Waals surface area contributed by atoms with Gasteiger partial charge in [-0.1, -0.05) is 68.2 Å². The maximum atomic E-state index is 6.52. The van der Waals surface area contributed by atoms with Crippen LogP contribution in [-0.2, 0) is 4.74 Å². The normalized spacial score (nSPS) is 18.6. The van der Waals surface area contributed by atoms with Crippen LogP contribution in [0.2, 0.25) is 0 Å². The first-order valence-electron chi connectivity index (χ1n) is 8.47. The highest BCUT2D eigenvalue weighted by molar-refractivity contribution is 4.73. The maximum Gasteiger partial charge on any atom is 0.0604 e. The largest absolute Gasteiger partial charge is 0.374 e. The zero-order valence-corrected chi connectivity index (χ0v) is 14.7. The van der Waals surface area contributed by atoms with Crippen LogP contribution in [0.15, 0.2) is 0 Å². The molecule has 116 valence electrons. The molecule has 0 aliphatic heterocycles. The number of hydrogen-bond acceptors (Lipinski definition) is 1. The first-order chi connectivity index (χ1) is 8.81. The fourth-order valence-electron chi connectivity index (χ4n) is 2.32. The van der Waals surface area contributed by atoms with Crippen LogP contribution in [0.25, 0.3) is 0 Å². The molecule has 0 aromatic carbocycles. The summed E-state index contributed by atoms with van der Waals surface area (Å²) in [6, 6.07) is 0. The summed E-state index contributed by atoms with van der Waals surface area (Å²) < 4.78 is 6.52. The summed E-state index contributed by atoms with van der Waals surface area (Å²) in [4.78, 5) is 0. The Balaban J connectivity index is 4.56. The van der Waals surface area contributed by atoms with Gasteiger partial charge in [-0.3, -0.25) is 0 Å². The van der Waals surface area contributed by atoms with Gasteiger partial charge in [0.25, 0.3) is 0 Å². The first-order valence-corrected chi connectivity index (χ1v) is 8.47. The fraction of sp³-hybridized carbons (Fsp3) is 1.00. The lowest BCUT2D eigenvalue weighted by Crippen LogP contribution is -2.32. The molecule has 0 spiro atoms. The number of hydrogen-bond donors (Lipinski definition) is 0. The molecule has 0 aliphatic carbocycles. The van der Waals surface area contributed by atoms with Crippen molar-refractivity contribution in [2.45, 2.75) is 93.3 Å². The van der Waals surface area contributed by atoms with Crippen molar-refractivity contribution >= 4 is 0 Å². The van der Waals surface area contributed by atoms with E-state index in [1.54, 1.807) is 0 Å². The maximum absolute atomic E-state index is 6.52. The molecule has 19 heavy (non-hydrogen) atoms. The van der Waals surface area contributed by atoms with Crippen molar-refractivity contribution in [1.29, 1.82) is 0 Å². The highest BCUT2D eigenvalue weighted by Crippen LogP contribution is 2.26. The summed E-state index contributed by atoms with van der Waals surface area (Å²) in [5.74, 6) is 2.77. The predicted molar refractivity (Wildman–Crippen MR) is 86.5 cm³/mol. The van der Waals surface area contributed by atoms with Gasteiger partial charge in [0.15, 0.2) is 0 Å². The molecule has 0 bridgehead atoms. The summed E-state index contributed by atoms with van der Waals surface area (Å²) in [6.45, 7) is 18.4. The molecular formula is C18H38O. The molecule has 0 N–H and O–H groups in total. The molecule has 0 amide bonds. The molecule has 0 radical (unpaired) electrons. The van der Waals surface area contributed by atoms with Gasteiger partial charge in [-0.2, -0.15) is 0 Å². The molecule has 4 atom stereocenters. The van der Waals surface area contributed by atoms with Crippen LogP contribution in [0, 0.1) is 23.7 Å². The number of rotatable bonds is 10. The van der Waals surface area contributed by atoms with Crippen LogP contribution in [-0.4, -0.2) is 12.2 Å². The Labute approximate surface area is 122 Å². The average molecular weight is 271 g/mol. The molecule has 0 fully saturated rings. The van der Waals surface area contributed by atoms with Crippen molar-refractivity contribution in [1.82, 2.24) is 0 Å². The Kier molecular flexibility index (Phi) is 9.78. The van der Waals surface area contributed by atoms with Crippen LogP contribution >= 0.6 is 0 Å². The molecule has 0 aliphatic rings. The van der Waals surface area contributed by atoms with E-state index in [1.807, 2.05) is 0 Å². The van der Waals surface area contributed by atoms with Crippen molar-refractivity contribution in [3.8, 4) is 0 Å². The Hall–Kier alpha value is -0.0400. The molecule has 1 heteroatoms. The summed E-state index contributed by atoms with van der Waals surface area (Å²) in [5.41, 5.74) is 0. The third-order valence-electron chi connectivity index (χ3n) is 4.50. The minimum absolute atomic E-state index is 0.423. The van der Waals surface area contributed by atoms with Gasteiger partial charge in [-0.05, 0) is 36.5 Å². The Morgan fingerprint density at radius 1 is 0.632 bits per heavy atom. The van der Waals surface area contributed by atoms with Gasteiger partial charge >= 0.3 is 0 Å². The van der Waals surface area contributed by atoms with Crippen LogP contribution < -0.4 is 0 Å². The molecule has 0 rings (SSSR count). The molecule has 0 saturated carbocycles. The van der Waals surface area contributed by atoms with Gasteiger partial charge in [0, 0.05) is 0 Å². The topological polar surface area (TPSA) is 9.23 Å². The van der Waals surface area contributed by atoms with E-state index in [0.717, 1.165) is 11.8 Å². The fourth-order valence-corrected chi connectivity index (χ4v) is 2.32. The van der Waals surface area contributed by atoms with E-state index in [1.165, 1.54) is 25.7 Å². The smallest absolute Gasteiger partial charge is 0.0604 e. The molecule has 0 saturated heterocycles. The third kappa shape index (κ3) is 7.97. The van der Waals surface area contributed by atoms with Gasteiger partial charge in [0.05, 0.1) is 12.2 Å². The van der Waals surface area contributed by atoms with Crippen molar-refractivity contribution < 1.29 is 4.74 Å². The molecule has 0 aromatic heterocycles. The first kappa shape index (κ1) is 19.0. The van der Waals surface area contributed by atoms with Crippen LogP contribution in [0.4, 0.5) is 0 Å². The minimum atomic E-state index is 0.423. The van der Waals surface area contributed by atoms with Gasteiger partial charge in [-0.25, -0.2) is 0 Å². The predicted octanol–water partition coefficient (Wildman–Crippen LogP) is 5.92. The lowest BCUT2D eigenvalue weighted by atomic mass is 9.91. The minimum Gasteiger partial charge on any atom is -0.374 e. The summed E-state index contributed by atoms with van der Waals surface area (Å²) in [6.07, 6.45) is 5.77. The van der Waals surface area contributed by atoms with Gasteiger partial charge in [0.1, 0.15) is 0 Å². The summed E-state index contributed by atoms with van der Waals surface area (Å²) in [7, 11) is 0. The van der Waals surface area contributed by atoms with E-state index < -0.39 is 0 Å². The highest BCUT2D eigenvalue weighted by atomic mass is 16.5. The van der Waals surface area contributed by atoms with Crippen molar-refractivity contribution in [3.05, 3.63) is 0 Å². The standard InChI is InChI=1S/C18H38O/c1-9-15(7)11-17(13(3)4)19-18(14(5)6)12-16(8)10-2/h13-18H,9-12H2,1-8H3. The molecule has 1 nitrogen and oxygen atoms in total. The lowest BCUT2D eigenvalue weighted by molar-refractivity contribution is -0.0743. The average Bonchev–Trinajstić information content (AvgIpc) is 2.35. The molecule has 0 heterocycles. The molecule has 0 aromatic rings. The zero-order valence-electron chi connectivity index (χ0n) is 14.7. The zero-order chi connectivity index (χ0) is 15.0. The molecule has 4 unspecified atom stereocenters. The van der Waals surface area contributed by atoms with Gasteiger partial charge in [-0.15, -0.1) is 0 Å². The quantitative estimate of drug-likeness (QED) is 0.478. The third-order valence-corrected chi connectivity index (χ3v) is 4.50. The van der Waals surface area contributed by atoms with E-state index >= 15 is 0 Å². The van der Waals surface area contributed by atoms with Crippen LogP contribution in [0.5, 0.6) is 0 Å². The van der Waals surface area contributed by atoms with E-state index in [4.69, 9.17) is 4.74 Å². The molecular weight excluding hydrogens is 232 g/mol. The van der Waals surface area contributed by atoms with E-state index in [-0.39, 0.29) is 0 Å². The summed E-state index contributed by atoms with van der Waals surface area (Å²) in [5, 5.41) is 0. The summed E-state index contributed by atoms with van der Waals surface area (Å²) >= 11 is 0. The monoisotopic (exact) mass is 270 g/mol. The van der Waals surface area contributed by atoms with Crippen molar-refractivity contribution in [3.63, 3.8) is 0 Å². The van der Waals surface area contributed by atoms with Crippen molar-refractivity contribution in [2.24, 2.45) is 23.7 Å². The second kappa shape index (κ2) is 9.80. The van der Waals surface area contributed by atoms with Crippen LogP contribution in [0.1, 0.15) is 81.1 Å². The van der Waals surface area contributed by atoms with Crippen LogP contribution in [0.3, 0.4) is 0 Å². The van der Waals surface area contributed by atoms with Crippen molar-refractivity contribution in [2.75, 3.05) is 0 Å². The highest BCUT2D eigenvalue weighted by Gasteiger charge is 2.24. The second-order valence-corrected chi connectivity index (χ2v) is 7.20. The second-order valence-electron chi connectivity index (χ2n) is 7.20. The van der Waals surface area contributed by atoms with Gasteiger partial charge < -0.3 is 4.74 Å². The lowest BCUT2D eigenvalue weighted by Gasteiger charge is -2.32. The Bertz CT molecular complexity index is 188. The van der Waals surface area contributed by atoms with E-state index in [0.29, 0.717) is 24.0 Å². The Morgan fingerprint density at radius 2 is 0.947 bits per heavy atom. The number of ether oxygens (including phenoxy) is 1. The van der Waals surface area contributed by atoms with E-state index in [9.17, 15) is 0 Å². The van der Waals surface area contributed by atoms with E-state index in [2.05, 4.69) is 55.4 Å². The SMILES string of the molecule is CCC(C)CC(OC(CC(C)CC)C(C)C)C(C)C. The van der Waals surface area contributed by atoms with Gasteiger partial charge in [0.2, 0.25) is 0 Å².